The molecule has 0 radical (unpaired) electrons. The van der Waals surface area contributed by atoms with E-state index in [2.05, 4.69) is 10.1 Å². The Morgan fingerprint density at radius 3 is 2.59 bits per heavy atom. The van der Waals surface area contributed by atoms with E-state index >= 15 is 0 Å². The lowest BCUT2D eigenvalue weighted by Crippen LogP contribution is -2.34. The summed E-state index contributed by atoms with van der Waals surface area (Å²) in [6.07, 6.45) is 0. The summed E-state index contributed by atoms with van der Waals surface area (Å²) in [5.41, 5.74) is 0.932. The van der Waals surface area contributed by atoms with Crippen LogP contribution in [0.3, 0.4) is 0 Å². The highest BCUT2D eigenvalue weighted by atomic mass is 35.5. The minimum Gasteiger partial charge on any atom is -0.383 e. The maximum Gasteiger partial charge on any atom is 0.259 e. The Morgan fingerprint density at radius 2 is 1.93 bits per heavy atom. The van der Waals surface area contributed by atoms with Crippen LogP contribution in [-0.4, -0.2) is 43.1 Å². The van der Waals surface area contributed by atoms with E-state index in [4.69, 9.17) is 26.1 Å². The fraction of sp³-hybridized carbons (Fsp3) is 0.211. The standard InChI is InChI=1S/C19H17ClN4O4S/c1-27-11-10-24(29(25,26)15-8-6-14(12-21)7-9-15)13-18-22-19(28-23-18)16-4-2-3-5-17(16)20/h2-9H,10-11,13H2,1H3. The Kier molecular flexibility index (Phi) is 6.61. The van der Waals surface area contributed by atoms with Crippen LogP contribution in [-0.2, 0) is 21.3 Å². The normalized spacial score (nSPS) is 11.5. The third-order valence-corrected chi connectivity index (χ3v) is 6.25. The van der Waals surface area contributed by atoms with Crippen molar-refractivity contribution in [2.24, 2.45) is 0 Å². The summed E-state index contributed by atoms with van der Waals surface area (Å²) in [7, 11) is -2.38. The van der Waals surface area contributed by atoms with Crippen molar-refractivity contribution in [3.05, 3.63) is 64.9 Å². The van der Waals surface area contributed by atoms with Crippen molar-refractivity contribution >= 4 is 21.6 Å². The topological polar surface area (TPSA) is 109 Å². The minimum atomic E-state index is -3.86. The van der Waals surface area contributed by atoms with Gasteiger partial charge in [0.2, 0.25) is 10.0 Å². The van der Waals surface area contributed by atoms with Crippen LogP contribution in [0, 0.1) is 11.3 Å². The van der Waals surface area contributed by atoms with E-state index < -0.39 is 10.0 Å². The molecule has 29 heavy (non-hydrogen) atoms. The van der Waals surface area contributed by atoms with Crippen LogP contribution in [0.5, 0.6) is 0 Å². The van der Waals surface area contributed by atoms with Gasteiger partial charge in [0.05, 0.1) is 40.3 Å². The molecule has 0 unspecified atom stereocenters. The number of rotatable bonds is 8. The molecule has 3 aromatic rings. The monoisotopic (exact) mass is 432 g/mol. The summed E-state index contributed by atoms with van der Waals surface area (Å²) in [6, 6.07) is 14.6. The van der Waals surface area contributed by atoms with E-state index in [1.54, 1.807) is 24.3 Å². The van der Waals surface area contributed by atoms with Gasteiger partial charge in [-0.1, -0.05) is 28.9 Å². The Hall–Kier alpha value is -2.77. The first kappa shape index (κ1) is 21.0. The smallest absolute Gasteiger partial charge is 0.259 e. The van der Waals surface area contributed by atoms with Gasteiger partial charge in [-0.25, -0.2) is 8.42 Å². The predicted octanol–water partition coefficient (Wildman–Crippen LogP) is 3.10. The molecule has 150 valence electrons. The maximum absolute atomic E-state index is 13.1. The fourth-order valence-electron chi connectivity index (χ4n) is 2.55. The molecule has 1 aromatic heterocycles. The lowest BCUT2D eigenvalue weighted by atomic mass is 10.2. The Morgan fingerprint density at radius 1 is 1.21 bits per heavy atom. The summed E-state index contributed by atoms with van der Waals surface area (Å²) in [4.78, 5) is 4.33. The summed E-state index contributed by atoms with van der Waals surface area (Å²) < 4.78 is 37.6. The lowest BCUT2D eigenvalue weighted by molar-refractivity contribution is 0.176. The first-order chi connectivity index (χ1) is 14.0. The van der Waals surface area contributed by atoms with Crippen LogP contribution < -0.4 is 0 Å². The van der Waals surface area contributed by atoms with Gasteiger partial charge >= 0.3 is 0 Å². The molecule has 0 saturated heterocycles. The molecule has 1 heterocycles. The zero-order valence-corrected chi connectivity index (χ0v) is 17.0. The minimum absolute atomic E-state index is 0.0578. The summed E-state index contributed by atoms with van der Waals surface area (Å²) in [5.74, 6) is 0.390. The van der Waals surface area contributed by atoms with Crippen LogP contribution >= 0.6 is 11.6 Å². The molecule has 0 spiro atoms. The molecule has 0 aliphatic rings. The Balaban J connectivity index is 1.88. The number of aromatic nitrogens is 2. The van der Waals surface area contributed by atoms with E-state index in [9.17, 15) is 8.42 Å². The second-order valence-corrected chi connectivity index (χ2v) is 8.31. The number of benzene rings is 2. The summed E-state index contributed by atoms with van der Waals surface area (Å²) in [6.45, 7) is 0.166. The third kappa shape index (κ3) is 4.81. The Labute approximate surface area is 173 Å². The van der Waals surface area contributed by atoms with Gasteiger partial charge in [-0.3, -0.25) is 0 Å². The van der Waals surface area contributed by atoms with E-state index in [0.29, 0.717) is 16.1 Å². The van der Waals surface area contributed by atoms with Gasteiger partial charge in [0.25, 0.3) is 5.89 Å². The molecule has 2 aromatic carbocycles. The molecule has 0 bridgehead atoms. The molecule has 0 aliphatic heterocycles. The van der Waals surface area contributed by atoms with Gasteiger partial charge in [0, 0.05) is 13.7 Å². The number of halogens is 1. The largest absolute Gasteiger partial charge is 0.383 e. The van der Waals surface area contributed by atoms with Crippen molar-refractivity contribution in [3.63, 3.8) is 0 Å². The van der Waals surface area contributed by atoms with Crippen molar-refractivity contribution in [1.29, 1.82) is 5.26 Å². The average Bonchev–Trinajstić information content (AvgIpc) is 3.19. The fourth-order valence-corrected chi connectivity index (χ4v) is 4.14. The molecule has 8 nitrogen and oxygen atoms in total. The van der Waals surface area contributed by atoms with Gasteiger partial charge in [-0.05, 0) is 36.4 Å². The molecule has 0 aliphatic carbocycles. The van der Waals surface area contributed by atoms with Crippen molar-refractivity contribution < 1.29 is 17.7 Å². The van der Waals surface area contributed by atoms with Crippen LogP contribution in [0.2, 0.25) is 5.02 Å². The second-order valence-electron chi connectivity index (χ2n) is 5.96. The van der Waals surface area contributed by atoms with Gasteiger partial charge < -0.3 is 9.26 Å². The van der Waals surface area contributed by atoms with Crippen molar-refractivity contribution in [2.75, 3.05) is 20.3 Å². The average molecular weight is 433 g/mol. The summed E-state index contributed by atoms with van der Waals surface area (Å²) >= 11 is 6.15. The highest BCUT2D eigenvalue weighted by molar-refractivity contribution is 7.89. The van der Waals surface area contributed by atoms with E-state index in [-0.39, 0.29) is 36.3 Å². The van der Waals surface area contributed by atoms with E-state index in [1.165, 1.54) is 35.7 Å². The number of sulfonamides is 1. The number of hydrogen-bond donors (Lipinski definition) is 0. The molecule has 10 heteroatoms. The molecule has 0 amide bonds. The van der Waals surface area contributed by atoms with Crippen LogP contribution in [0.4, 0.5) is 0 Å². The lowest BCUT2D eigenvalue weighted by Gasteiger charge is -2.20. The van der Waals surface area contributed by atoms with Crippen molar-refractivity contribution in [3.8, 4) is 17.5 Å². The van der Waals surface area contributed by atoms with Gasteiger partial charge in [-0.15, -0.1) is 0 Å². The quantitative estimate of drug-likeness (QED) is 0.537. The number of nitriles is 1. The molecule has 0 fully saturated rings. The van der Waals surface area contributed by atoms with Crippen LogP contribution in [0.15, 0.2) is 57.9 Å². The van der Waals surface area contributed by atoms with E-state index in [1.807, 2.05) is 6.07 Å². The van der Waals surface area contributed by atoms with E-state index in [0.717, 1.165) is 0 Å². The van der Waals surface area contributed by atoms with Crippen molar-refractivity contribution in [2.45, 2.75) is 11.4 Å². The second kappa shape index (κ2) is 9.15. The van der Waals surface area contributed by atoms with Gasteiger partial charge in [0.1, 0.15) is 0 Å². The molecular formula is C19H17ClN4O4S. The molecular weight excluding hydrogens is 416 g/mol. The summed E-state index contributed by atoms with van der Waals surface area (Å²) in [5, 5.41) is 13.2. The first-order valence-electron chi connectivity index (χ1n) is 8.52. The first-order valence-corrected chi connectivity index (χ1v) is 10.3. The molecule has 3 rings (SSSR count). The number of methoxy groups -OCH3 is 1. The van der Waals surface area contributed by atoms with Crippen LogP contribution in [0.25, 0.3) is 11.5 Å². The number of hydrogen-bond acceptors (Lipinski definition) is 7. The highest BCUT2D eigenvalue weighted by Gasteiger charge is 2.26. The number of nitrogens with zero attached hydrogens (tertiary/aromatic N) is 4. The SMILES string of the molecule is COCCN(Cc1noc(-c2ccccc2Cl)n1)S(=O)(=O)c1ccc(C#N)cc1. The zero-order valence-electron chi connectivity index (χ0n) is 15.4. The third-order valence-electron chi connectivity index (χ3n) is 4.06. The predicted molar refractivity (Wildman–Crippen MR) is 105 cm³/mol. The maximum atomic E-state index is 13.1. The molecule has 0 saturated carbocycles. The molecule has 0 atom stereocenters. The van der Waals surface area contributed by atoms with Crippen LogP contribution in [0.1, 0.15) is 11.4 Å². The molecule has 0 N–H and O–H groups in total. The zero-order chi connectivity index (χ0) is 20.9. The van der Waals surface area contributed by atoms with Gasteiger partial charge in [0.15, 0.2) is 5.82 Å². The Bertz CT molecular complexity index is 1120. The van der Waals surface area contributed by atoms with Crippen molar-refractivity contribution in [1.82, 2.24) is 14.4 Å². The number of ether oxygens (including phenoxy) is 1. The highest BCUT2D eigenvalue weighted by Crippen LogP contribution is 2.26. The van der Waals surface area contributed by atoms with Gasteiger partial charge in [-0.2, -0.15) is 14.6 Å².